The van der Waals surface area contributed by atoms with Crippen LogP contribution in [-0.4, -0.2) is 80.2 Å². The van der Waals surface area contributed by atoms with E-state index >= 15 is 0 Å². The van der Waals surface area contributed by atoms with E-state index in [-0.39, 0.29) is 94.1 Å². The molecule has 7 radical (unpaired) electrons. The van der Waals surface area contributed by atoms with Crippen molar-refractivity contribution in [2.45, 2.75) is 104 Å². The Kier molecular flexibility index (Phi) is 40.9. The van der Waals surface area contributed by atoms with Crippen molar-refractivity contribution in [2.75, 3.05) is 26.4 Å². The van der Waals surface area contributed by atoms with Crippen molar-refractivity contribution in [2.24, 2.45) is 0 Å². The molecule has 0 atom stereocenters. The van der Waals surface area contributed by atoms with Crippen LogP contribution >= 0.6 is 0 Å². The summed E-state index contributed by atoms with van der Waals surface area (Å²) in [4.78, 5) is 0. The molecule has 0 spiro atoms. The molecule has 5 nitrogen and oxygen atoms in total. The van der Waals surface area contributed by atoms with Crippen molar-refractivity contribution in [1.29, 1.82) is 0 Å². The molecule has 32 heavy (non-hydrogen) atoms. The molecule has 0 aromatic rings. The first-order valence-electron chi connectivity index (χ1n) is 11.5. The van der Waals surface area contributed by atoms with E-state index in [4.69, 9.17) is 9.47 Å². The van der Waals surface area contributed by atoms with Gasteiger partial charge in [0.2, 0.25) is 0 Å². The van der Waals surface area contributed by atoms with Gasteiger partial charge < -0.3 is 23.4 Å². The zero-order chi connectivity index (χ0) is 24.7. The minimum Gasteiger partial charge on any atom is -0.673 e. The van der Waals surface area contributed by atoms with E-state index in [9.17, 15) is 0 Å². The molecule has 0 N–H and O–H groups in total. The third kappa shape index (κ3) is 53.7. The fourth-order valence-corrected chi connectivity index (χ4v) is 13.1. The number of nitrogens with zero attached hydrogens (tertiary/aromatic N) is 3. The molecule has 2 aliphatic rings. The summed E-state index contributed by atoms with van der Waals surface area (Å²) in [6.07, 6.45) is 5.11. The van der Waals surface area contributed by atoms with Crippen molar-refractivity contribution in [3.05, 3.63) is 13.9 Å². The summed E-state index contributed by atoms with van der Waals surface area (Å²) in [6.45, 7) is 30.7. The van der Waals surface area contributed by atoms with Gasteiger partial charge in [-0.15, -0.1) is 0 Å². The third-order valence-electron chi connectivity index (χ3n) is 3.00. The van der Waals surface area contributed by atoms with Crippen molar-refractivity contribution < 1.29 is 49.9 Å². The predicted octanol–water partition coefficient (Wildman–Crippen LogP) is 7.18. The number of ether oxygens (including phenoxy) is 2. The van der Waals surface area contributed by atoms with E-state index in [1.165, 1.54) is 25.7 Å². The number of hydrogen-bond acceptors (Lipinski definition) is 2. The molecule has 0 bridgehead atoms. The molecule has 0 aromatic carbocycles. The monoisotopic (exact) mass is 686 g/mol. The summed E-state index contributed by atoms with van der Waals surface area (Å²) in [6, 6.07) is 0. The summed E-state index contributed by atoms with van der Waals surface area (Å²) in [5.74, 6) is 0. The summed E-state index contributed by atoms with van der Waals surface area (Å²) in [5, 5.41) is 0. The maximum atomic E-state index is 4.94. The molecule has 0 amide bonds. The van der Waals surface area contributed by atoms with Gasteiger partial charge in [-0.05, 0) is 25.7 Å². The van der Waals surface area contributed by atoms with Gasteiger partial charge in [-0.1, -0.05) is 132 Å². The standard InChI is InChI=1S/3C4H12NSi2.2C4H8O.Sm/c3*1-6(2)5-7(3)4;2*1-2-4-5-3-1;/h3*1-4H3;2*1-4H2;/q3*-1;;;+3. The first-order chi connectivity index (χ1) is 14.4. The molecular formula is C20H52N3O2Si6Sm. The molecule has 0 aromatic heterocycles. The van der Waals surface area contributed by atoms with Crippen LogP contribution in [0, 0.1) is 40.4 Å². The topological polar surface area (TPSA) is 60.8 Å². The van der Waals surface area contributed by atoms with Gasteiger partial charge >= 0.3 is 40.4 Å². The SMILES string of the molecule is C1CCOC1.C1CCOC1.C[Si](C)[N-][Si](C)C.C[Si](C)[N-][Si](C)C.C[Si](C)[N-][Si](C)C.[Sm+3]. The minimum absolute atomic E-state index is 0. The first kappa shape index (κ1) is 41.6. The van der Waals surface area contributed by atoms with Crippen molar-refractivity contribution in [1.82, 2.24) is 0 Å². The van der Waals surface area contributed by atoms with Crippen LogP contribution in [0.5, 0.6) is 0 Å². The van der Waals surface area contributed by atoms with E-state index in [2.05, 4.69) is 92.5 Å². The van der Waals surface area contributed by atoms with Crippen molar-refractivity contribution >= 4 is 53.7 Å². The largest absolute Gasteiger partial charge is 3.00 e. The minimum atomic E-state index is -0.264. The maximum Gasteiger partial charge on any atom is 3.00 e. The Balaban J connectivity index is -0.000000153. The molecule has 2 rings (SSSR count). The number of rotatable bonds is 6. The Labute approximate surface area is 246 Å². The second-order valence-corrected chi connectivity index (χ2v) is 22.7. The van der Waals surface area contributed by atoms with Gasteiger partial charge in [-0.3, -0.25) is 0 Å². The number of hydrogen-bond donors (Lipinski definition) is 0. The van der Waals surface area contributed by atoms with Gasteiger partial charge in [0, 0.05) is 26.4 Å². The quantitative estimate of drug-likeness (QED) is 0.279. The second-order valence-electron chi connectivity index (χ2n) is 8.66. The molecule has 12 heteroatoms. The van der Waals surface area contributed by atoms with E-state index in [1.54, 1.807) is 0 Å². The fourth-order valence-electron chi connectivity index (χ4n) is 2.36. The van der Waals surface area contributed by atoms with Crippen LogP contribution < -0.4 is 0 Å². The average Bonchev–Trinajstić information content (AvgIpc) is 3.32. The molecule has 0 saturated carbocycles. The summed E-state index contributed by atoms with van der Waals surface area (Å²) in [7, 11) is -1.58. The Hall–Kier alpha value is 2.44. The van der Waals surface area contributed by atoms with Crippen LogP contribution in [0.15, 0.2) is 0 Å². The third-order valence-corrected chi connectivity index (χ3v) is 13.7. The fraction of sp³-hybridized carbons (Fsp3) is 1.00. The summed E-state index contributed by atoms with van der Waals surface area (Å²) in [5.41, 5.74) is 0. The van der Waals surface area contributed by atoms with Gasteiger partial charge in [0.05, 0.1) is 0 Å². The van der Waals surface area contributed by atoms with E-state index in [1.807, 2.05) is 0 Å². The average molecular weight is 686 g/mol. The molecule has 189 valence electrons. The first-order valence-corrected chi connectivity index (χ1v) is 26.2. The summed E-state index contributed by atoms with van der Waals surface area (Å²) < 4.78 is 23.3. The van der Waals surface area contributed by atoms with Crippen LogP contribution in [0.25, 0.3) is 13.9 Å². The van der Waals surface area contributed by atoms with Crippen LogP contribution in [0.1, 0.15) is 25.7 Å². The Morgan fingerprint density at radius 1 is 0.375 bits per heavy atom. The molecule has 0 aliphatic carbocycles. The Morgan fingerprint density at radius 3 is 0.562 bits per heavy atom. The Morgan fingerprint density at radius 2 is 0.531 bits per heavy atom. The molecular weight excluding hydrogens is 633 g/mol. The van der Waals surface area contributed by atoms with Crippen molar-refractivity contribution in [3.8, 4) is 0 Å². The van der Waals surface area contributed by atoms with Gasteiger partial charge in [0.1, 0.15) is 0 Å². The molecule has 2 heterocycles. The zero-order valence-corrected chi connectivity index (χ0v) is 31.8. The predicted molar refractivity (Wildman–Crippen MR) is 155 cm³/mol. The van der Waals surface area contributed by atoms with Gasteiger partial charge in [-0.2, -0.15) is 0 Å². The van der Waals surface area contributed by atoms with E-state index < -0.39 is 0 Å². The van der Waals surface area contributed by atoms with E-state index in [0.29, 0.717) is 0 Å². The van der Waals surface area contributed by atoms with Crippen LogP contribution in [0.4, 0.5) is 0 Å². The van der Waals surface area contributed by atoms with Gasteiger partial charge in [-0.25, -0.2) is 0 Å². The second kappa shape index (κ2) is 31.5. The van der Waals surface area contributed by atoms with Crippen LogP contribution in [0.3, 0.4) is 0 Å². The Bertz CT molecular complexity index is 262. The molecule has 2 fully saturated rings. The molecule has 0 unspecified atom stereocenters. The molecule has 2 saturated heterocycles. The van der Waals surface area contributed by atoms with Gasteiger partial charge in [0.15, 0.2) is 0 Å². The van der Waals surface area contributed by atoms with Gasteiger partial charge in [0.25, 0.3) is 0 Å². The smallest absolute Gasteiger partial charge is 0.673 e. The van der Waals surface area contributed by atoms with Crippen LogP contribution in [-0.2, 0) is 9.47 Å². The normalized spacial score (nSPS) is 14.8. The maximum absolute atomic E-state index is 4.94. The zero-order valence-electron chi connectivity index (χ0n) is 23.2. The summed E-state index contributed by atoms with van der Waals surface area (Å²) >= 11 is 0. The molecule has 2 aliphatic heterocycles. The van der Waals surface area contributed by atoms with Crippen molar-refractivity contribution in [3.63, 3.8) is 0 Å². The van der Waals surface area contributed by atoms with E-state index in [0.717, 1.165) is 26.4 Å². The van der Waals surface area contributed by atoms with Crippen LogP contribution in [0.2, 0.25) is 78.6 Å².